The summed E-state index contributed by atoms with van der Waals surface area (Å²) in [5, 5.41) is 0. The first kappa shape index (κ1) is 14.2. The number of hydrogen-bond donors (Lipinski definition) is 0. The average molecular weight is 299 g/mol. The van der Waals surface area contributed by atoms with Crippen LogP contribution in [-0.2, 0) is 5.88 Å². The number of hydrogen-bond acceptors (Lipinski definition) is 1. The van der Waals surface area contributed by atoms with Crippen LogP contribution < -0.4 is 0 Å². The number of alkyl halides is 1. The lowest BCUT2D eigenvalue weighted by molar-refractivity contribution is 0.565. The fourth-order valence-corrected chi connectivity index (χ4v) is 3.18. The van der Waals surface area contributed by atoms with Crippen LogP contribution in [0, 0.1) is 6.92 Å². The van der Waals surface area contributed by atoms with Gasteiger partial charge in [-0.25, -0.2) is 4.98 Å². The third-order valence-electron chi connectivity index (χ3n) is 4.00. The van der Waals surface area contributed by atoms with Gasteiger partial charge in [0.2, 0.25) is 0 Å². The number of para-hydroxylation sites is 1. The normalized spacial score (nSPS) is 12.7. The Bertz CT molecular complexity index is 747. The Morgan fingerprint density at radius 3 is 2.52 bits per heavy atom. The maximum atomic E-state index is 6.16. The highest BCUT2D eigenvalue weighted by Gasteiger charge is 2.19. The van der Waals surface area contributed by atoms with Crippen LogP contribution in [-0.4, -0.2) is 9.55 Å². The number of benzene rings is 2. The number of nitrogens with zero attached hydrogens (tertiary/aromatic N) is 2. The molecule has 0 spiro atoms. The molecule has 1 aromatic heterocycles. The van der Waals surface area contributed by atoms with Gasteiger partial charge < -0.3 is 4.57 Å². The third-order valence-corrected chi connectivity index (χ3v) is 4.24. The van der Waals surface area contributed by atoms with E-state index in [1.54, 1.807) is 0 Å². The summed E-state index contributed by atoms with van der Waals surface area (Å²) in [5.74, 6) is 1.37. The van der Waals surface area contributed by atoms with Gasteiger partial charge in [0.25, 0.3) is 0 Å². The Hall–Kier alpha value is -1.80. The van der Waals surface area contributed by atoms with E-state index in [4.69, 9.17) is 16.6 Å². The first-order valence-corrected chi connectivity index (χ1v) is 7.87. The minimum Gasteiger partial charge on any atom is -0.319 e. The van der Waals surface area contributed by atoms with Crippen molar-refractivity contribution in [3.63, 3.8) is 0 Å². The van der Waals surface area contributed by atoms with Gasteiger partial charge in [-0.3, -0.25) is 0 Å². The highest BCUT2D eigenvalue weighted by atomic mass is 35.5. The molecule has 3 heteroatoms. The van der Waals surface area contributed by atoms with Crippen molar-refractivity contribution in [2.24, 2.45) is 0 Å². The quantitative estimate of drug-likeness (QED) is 0.614. The van der Waals surface area contributed by atoms with Gasteiger partial charge in [-0.2, -0.15) is 0 Å². The Morgan fingerprint density at radius 2 is 1.86 bits per heavy atom. The molecule has 0 saturated heterocycles. The fourth-order valence-electron chi connectivity index (χ4n) is 2.99. The van der Waals surface area contributed by atoms with Crippen LogP contribution in [0.4, 0.5) is 0 Å². The van der Waals surface area contributed by atoms with Crippen LogP contribution in [0.1, 0.15) is 36.3 Å². The third kappa shape index (κ3) is 2.44. The maximum absolute atomic E-state index is 6.16. The molecule has 0 radical (unpaired) electrons. The van der Waals surface area contributed by atoms with E-state index in [2.05, 4.69) is 66.9 Å². The lowest BCUT2D eigenvalue weighted by Crippen LogP contribution is -2.12. The van der Waals surface area contributed by atoms with E-state index in [0.717, 1.165) is 17.8 Å². The van der Waals surface area contributed by atoms with Gasteiger partial charge in [0, 0.05) is 0 Å². The largest absolute Gasteiger partial charge is 0.319 e. The van der Waals surface area contributed by atoms with Gasteiger partial charge in [-0.1, -0.05) is 49.4 Å². The number of fused-ring (bicyclic) bond motifs is 1. The van der Waals surface area contributed by atoms with Crippen molar-refractivity contribution < 1.29 is 0 Å². The molecule has 0 amide bonds. The summed E-state index contributed by atoms with van der Waals surface area (Å²) in [7, 11) is 0. The monoisotopic (exact) mass is 298 g/mol. The molecule has 0 bridgehead atoms. The maximum Gasteiger partial charge on any atom is 0.125 e. The Balaban J connectivity index is 2.25. The van der Waals surface area contributed by atoms with E-state index in [-0.39, 0.29) is 6.04 Å². The van der Waals surface area contributed by atoms with E-state index in [1.807, 2.05) is 0 Å². The molecule has 0 saturated carbocycles. The molecule has 0 fully saturated rings. The topological polar surface area (TPSA) is 17.8 Å². The van der Waals surface area contributed by atoms with Crippen molar-refractivity contribution in [3.8, 4) is 0 Å². The highest BCUT2D eigenvalue weighted by Crippen LogP contribution is 2.30. The van der Waals surface area contributed by atoms with Gasteiger partial charge in [0.05, 0.1) is 23.0 Å². The van der Waals surface area contributed by atoms with Crippen LogP contribution >= 0.6 is 11.6 Å². The van der Waals surface area contributed by atoms with E-state index >= 15 is 0 Å². The van der Waals surface area contributed by atoms with Crippen molar-refractivity contribution in [2.75, 3.05) is 0 Å². The average Bonchev–Trinajstić information content (AvgIpc) is 2.90. The van der Waals surface area contributed by atoms with Crippen molar-refractivity contribution in [3.05, 3.63) is 65.5 Å². The molecular formula is C18H19ClN2. The van der Waals surface area contributed by atoms with Crippen molar-refractivity contribution in [2.45, 2.75) is 32.2 Å². The zero-order chi connectivity index (χ0) is 14.8. The molecule has 3 rings (SSSR count). The Labute approximate surface area is 130 Å². The Morgan fingerprint density at radius 1 is 1.10 bits per heavy atom. The zero-order valence-corrected chi connectivity index (χ0v) is 13.1. The fraction of sp³-hybridized carbons (Fsp3) is 0.278. The van der Waals surface area contributed by atoms with E-state index in [1.165, 1.54) is 16.6 Å². The smallest absolute Gasteiger partial charge is 0.125 e. The number of aromatic nitrogens is 2. The van der Waals surface area contributed by atoms with Gasteiger partial charge in [-0.05, 0) is 30.5 Å². The SMILES string of the molecule is CCC(c1ccccc1)n1c(CCl)nc2c(C)cccc21. The van der Waals surface area contributed by atoms with Crippen LogP contribution in [0.3, 0.4) is 0 Å². The molecule has 1 heterocycles. The summed E-state index contributed by atoms with van der Waals surface area (Å²) < 4.78 is 2.30. The van der Waals surface area contributed by atoms with Crippen LogP contribution in [0.2, 0.25) is 0 Å². The number of rotatable bonds is 4. The van der Waals surface area contributed by atoms with Gasteiger partial charge in [0.1, 0.15) is 5.82 Å². The van der Waals surface area contributed by atoms with Crippen LogP contribution in [0.15, 0.2) is 48.5 Å². The summed E-state index contributed by atoms with van der Waals surface area (Å²) in [5.41, 5.74) is 4.72. The number of aryl methyl sites for hydroxylation is 1. The predicted molar refractivity (Wildman–Crippen MR) is 88.9 cm³/mol. The molecule has 0 N–H and O–H groups in total. The molecule has 1 unspecified atom stereocenters. The second-order valence-electron chi connectivity index (χ2n) is 5.31. The molecule has 0 aliphatic rings. The predicted octanol–water partition coefficient (Wildman–Crippen LogP) is 5.08. The van der Waals surface area contributed by atoms with Gasteiger partial charge >= 0.3 is 0 Å². The molecule has 0 aliphatic heterocycles. The van der Waals surface area contributed by atoms with Crippen molar-refractivity contribution in [1.29, 1.82) is 0 Å². The minimum atomic E-state index is 0.270. The molecule has 0 aliphatic carbocycles. The first-order valence-electron chi connectivity index (χ1n) is 7.33. The van der Waals surface area contributed by atoms with Crippen LogP contribution in [0.25, 0.3) is 11.0 Å². The van der Waals surface area contributed by atoms with Crippen molar-refractivity contribution in [1.82, 2.24) is 9.55 Å². The molecular weight excluding hydrogens is 280 g/mol. The second kappa shape index (κ2) is 5.90. The van der Waals surface area contributed by atoms with E-state index < -0.39 is 0 Å². The molecule has 1 atom stereocenters. The number of halogens is 1. The first-order chi connectivity index (χ1) is 10.3. The van der Waals surface area contributed by atoms with Crippen molar-refractivity contribution >= 4 is 22.6 Å². The lowest BCUT2D eigenvalue weighted by atomic mass is 10.0. The second-order valence-corrected chi connectivity index (χ2v) is 5.58. The molecule has 108 valence electrons. The van der Waals surface area contributed by atoms with Gasteiger partial charge in [-0.15, -0.1) is 11.6 Å². The zero-order valence-electron chi connectivity index (χ0n) is 12.4. The number of imidazole rings is 1. The highest BCUT2D eigenvalue weighted by molar-refractivity contribution is 6.16. The Kier molecular flexibility index (Phi) is 3.98. The molecule has 3 aromatic rings. The summed E-state index contributed by atoms with van der Waals surface area (Å²) in [6.45, 7) is 4.30. The van der Waals surface area contributed by atoms with E-state index in [9.17, 15) is 0 Å². The molecule has 2 aromatic carbocycles. The lowest BCUT2D eigenvalue weighted by Gasteiger charge is -2.20. The molecule has 21 heavy (non-hydrogen) atoms. The summed E-state index contributed by atoms with van der Waals surface area (Å²) in [4.78, 5) is 4.76. The van der Waals surface area contributed by atoms with Crippen LogP contribution in [0.5, 0.6) is 0 Å². The molecule has 2 nitrogen and oxygen atoms in total. The summed E-state index contributed by atoms with van der Waals surface area (Å²) >= 11 is 6.16. The van der Waals surface area contributed by atoms with E-state index in [0.29, 0.717) is 5.88 Å². The summed E-state index contributed by atoms with van der Waals surface area (Å²) in [6.07, 6.45) is 1.01. The standard InChI is InChI=1S/C18H19ClN2/c1-3-15(14-9-5-4-6-10-14)21-16-11-7-8-13(2)18(16)20-17(21)12-19/h4-11,15H,3,12H2,1-2H3. The minimum absolute atomic E-state index is 0.270. The van der Waals surface area contributed by atoms with Gasteiger partial charge in [0.15, 0.2) is 0 Å². The summed E-state index contributed by atoms with van der Waals surface area (Å²) in [6, 6.07) is 17.2.